The second-order valence-electron chi connectivity index (χ2n) is 8.69. The van der Waals surface area contributed by atoms with Gasteiger partial charge in [0, 0.05) is 18.8 Å². The average Bonchev–Trinajstić information content (AvgIpc) is 3.10. The van der Waals surface area contributed by atoms with E-state index >= 15 is 0 Å². The van der Waals surface area contributed by atoms with Gasteiger partial charge in [0.05, 0.1) is 4.90 Å². The Balaban J connectivity index is 1.39. The minimum atomic E-state index is -3.50. The van der Waals surface area contributed by atoms with Gasteiger partial charge < -0.3 is 10.1 Å². The maximum atomic E-state index is 12.9. The predicted molar refractivity (Wildman–Crippen MR) is 125 cm³/mol. The van der Waals surface area contributed by atoms with E-state index in [4.69, 9.17) is 4.74 Å². The number of rotatable bonds is 6. The molecule has 1 heterocycles. The van der Waals surface area contributed by atoms with Crippen LogP contribution in [-0.2, 0) is 27.7 Å². The van der Waals surface area contributed by atoms with Gasteiger partial charge in [-0.3, -0.25) is 4.79 Å². The minimum absolute atomic E-state index is 0.262. The van der Waals surface area contributed by atoms with Crippen LogP contribution in [0.1, 0.15) is 56.6 Å². The van der Waals surface area contributed by atoms with E-state index in [1.807, 2.05) is 12.1 Å². The predicted octanol–water partition coefficient (Wildman–Crippen LogP) is 4.54. The zero-order chi connectivity index (χ0) is 22.6. The van der Waals surface area contributed by atoms with Crippen LogP contribution in [0.15, 0.2) is 47.4 Å². The van der Waals surface area contributed by atoms with E-state index in [9.17, 15) is 13.2 Å². The van der Waals surface area contributed by atoms with Gasteiger partial charge in [-0.1, -0.05) is 25.0 Å². The first-order chi connectivity index (χ1) is 15.4. The fourth-order valence-electron chi connectivity index (χ4n) is 4.49. The Kier molecular flexibility index (Phi) is 7.16. The van der Waals surface area contributed by atoms with Crippen molar-refractivity contribution in [3.8, 4) is 5.75 Å². The molecule has 32 heavy (non-hydrogen) atoms. The molecule has 1 saturated heterocycles. The van der Waals surface area contributed by atoms with Gasteiger partial charge in [-0.2, -0.15) is 4.31 Å². The van der Waals surface area contributed by atoms with Gasteiger partial charge in [0.1, 0.15) is 5.75 Å². The van der Waals surface area contributed by atoms with Crippen molar-refractivity contribution < 1.29 is 17.9 Å². The Morgan fingerprint density at radius 1 is 0.938 bits per heavy atom. The molecule has 0 saturated carbocycles. The summed E-state index contributed by atoms with van der Waals surface area (Å²) in [7, 11) is -3.50. The number of carbonyl (C=O) groups is 1. The number of nitrogens with zero attached hydrogens (tertiary/aromatic N) is 1. The lowest BCUT2D eigenvalue weighted by Crippen LogP contribution is -2.32. The normalized spacial score (nSPS) is 18.3. The first-order valence-corrected chi connectivity index (χ1v) is 13.1. The lowest BCUT2D eigenvalue weighted by molar-refractivity contribution is -0.122. The molecule has 0 unspecified atom stereocenters. The van der Waals surface area contributed by atoms with Crippen molar-refractivity contribution in [2.45, 2.75) is 69.3 Å². The Morgan fingerprint density at radius 2 is 1.62 bits per heavy atom. The number of fused-ring (bicyclic) bond motifs is 1. The molecule has 2 aromatic carbocycles. The molecule has 172 valence electrons. The average molecular weight is 457 g/mol. The highest BCUT2D eigenvalue weighted by atomic mass is 32.2. The molecule has 1 aliphatic carbocycles. The largest absolute Gasteiger partial charge is 0.481 e. The van der Waals surface area contributed by atoms with E-state index in [-0.39, 0.29) is 10.8 Å². The van der Waals surface area contributed by atoms with E-state index in [1.165, 1.54) is 17.5 Å². The fraction of sp³-hybridized carbons (Fsp3) is 0.480. The van der Waals surface area contributed by atoms with E-state index in [0.29, 0.717) is 18.8 Å². The highest BCUT2D eigenvalue weighted by molar-refractivity contribution is 7.89. The molecule has 6 nitrogen and oxygen atoms in total. The number of hydrogen-bond acceptors (Lipinski definition) is 4. The summed E-state index contributed by atoms with van der Waals surface area (Å²) in [6.45, 7) is 2.87. The molecule has 0 aromatic heterocycles. The van der Waals surface area contributed by atoms with Crippen molar-refractivity contribution in [3.05, 3.63) is 53.6 Å². The van der Waals surface area contributed by atoms with Crippen LogP contribution in [0, 0.1) is 0 Å². The number of ether oxygens (including phenoxy) is 1. The highest BCUT2D eigenvalue weighted by Gasteiger charge is 2.25. The number of carbonyl (C=O) groups excluding carboxylic acids is 1. The van der Waals surface area contributed by atoms with E-state index in [2.05, 4.69) is 11.4 Å². The monoisotopic (exact) mass is 456 g/mol. The number of sulfonamides is 1. The summed E-state index contributed by atoms with van der Waals surface area (Å²) in [5, 5.41) is 2.84. The van der Waals surface area contributed by atoms with Crippen LogP contribution < -0.4 is 10.1 Å². The lowest BCUT2D eigenvalue weighted by atomic mass is 9.91. The van der Waals surface area contributed by atoms with Crippen LogP contribution in [0.4, 0.5) is 5.69 Å². The summed E-state index contributed by atoms with van der Waals surface area (Å²) in [6, 6.07) is 12.4. The lowest BCUT2D eigenvalue weighted by Gasteiger charge is -2.22. The molecule has 1 amide bonds. The number of benzene rings is 2. The van der Waals surface area contributed by atoms with Gasteiger partial charge in [0.15, 0.2) is 6.10 Å². The second kappa shape index (κ2) is 10.0. The van der Waals surface area contributed by atoms with Crippen molar-refractivity contribution in [3.63, 3.8) is 0 Å². The SMILES string of the molecule is C[C@@H](Oc1cccc2c1CCCC2)C(=O)Nc1ccc(S(=O)(=O)N2CCCCCC2)cc1. The number of amides is 1. The third-order valence-corrected chi connectivity index (χ3v) is 8.26. The summed E-state index contributed by atoms with van der Waals surface area (Å²) >= 11 is 0. The van der Waals surface area contributed by atoms with Gasteiger partial charge in [-0.15, -0.1) is 0 Å². The summed E-state index contributed by atoms with van der Waals surface area (Å²) in [4.78, 5) is 13.0. The molecule has 0 radical (unpaired) electrons. The van der Waals surface area contributed by atoms with Gasteiger partial charge in [0.2, 0.25) is 10.0 Å². The van der Waals surface area contributed by atoms with Crippen molar-refractivity contribution in [1.82, 2.24) is 4.31 Å². The van der Waals surface area contributed by atoms with Crippen LogP contribution in [0.25, 0.3) is 0 Å². The van der Waals surface area contributed by atoms with Crippen LogP contribution in [-0.4, -0.2) is 37.8 Å². The standard InChI is InChI=1S/C25H32N2O4S/c1-19(31-24-12-8-10-20-9-4-5-11-23(20)24)25(28)26-21-13-15-22(16-14-21)32(29,30)27-17-6-2-3-7-18-27/h8,10,12-16,19H,2-7,9,11,17-18H2,1H3,(H,26,28)/t19-/m1/s1. The maximum absolute atomic E-state index is 12.9. The van der Waals surface area contributed by atoms with Crippen molar-refractivity contribution in [1.29, 1.82) is 0 Å². The highest BCUT2D eigenvalue weighted by Crippen LogP contribution is 2.30. The molecular formula is C25H32N2O4S. The molecule has 2 aliphatic rings. The van der Waals surface area contributed by atoms with Gasteiger partial charge in [0.25, 0.3) is 5.91 Å². The summed E-state index contributed by atoms with van der Waals surface area (Å²) in [5.41, 5.74) is 3.07. The Hall–Kier alpha value is -2.38. The Bertz CT molecular complexity index is 1040. The molecule has 1 fully saturated rings. The zero-order valence-electron chi connectivity index (χ0n) is 18.7. The molecule has 7 heteroatoms. The van der Waals surface area contributed by atoms with Crippen molar-refractivity contribution in [2.24, 2.45) is 0 Å². The molecule has 1 N–H and O–H groups in total. The van der Waals surface area contributed by atoms with E-state index in [1.54, 1.807) is 35.5 Å². The number of aryl methyl sites for hydroxylation is 1. The first-order valence-electron chi connectivity index (χ1n) is 11.6. The molecule has 1 atom stereocenters. The molecule has 0 bridgehead atoms. The van der Waals surface area contributed by atoms with Crippen molar-refractivity contribution in [2.75, 3.05) is 18.4 Å². The zero-order valence-corrected chi connectivity index (χ0v) is 19.5. The van der Waals surface area contributed by atoms with E-state index in [0.717, 1.165) is 50.7 Å². The van der Waals surface area contributed by atoms with E-state index < -0.39 is 16.1 Å². The topological polar surface area (TPSA) is 75.7 Å². The third-order valence-electron chi connectivity index (χ3n) is 6.35. The van der Waals surface area contributed by atoms with Crippen molar-refractivity contribution >= 4 is 21.6 Å². The van der Waals surface area contributed by atoms with Gasteiger partial charge in [-0.25, -0.2) is 8.42 Å². The Labute approximate surface area is 191 Å². The third kappa shape index (κ3) is 5.15. The summed E-state index contributed by atoms with van der Waals surface area (Å²) in [5.74, 6) is 0.519. The smallest absolute Gasteiger partial charge is 0.265 e. The molecule has 4 rings (SSSR count). The van der Waals surface area contributed by atoms with Crippen LogP contribution in [0.5, 0.6) is 5.75 Å². The number of anilines is 1. The van der Waals surface area contributed by atoms with Gasteiger partial charge in [-0.05, 0) is 86.9 Å². The summed E-state index contributed by atoms with van der Waals surface area (Å²) in [6.07, 6.45) is 7.64. The molecular weight excluding hydrogens is 424 g/mol. The number of nitrogens with one attached hydrogen (secondary N) is 1. The summed E-state index contributed by atoms with van der Waals surface area (Å²) < 4.78 is 33.4. The molecule has 2 aromatic rings. The van der Waals surface area contributed by atoms with Crippen LogP contribution in [0.3, 0.4) is 0 Å². The maximum Gasteiger partial charge on any atom is 0.265 e. The molecule has 1 aliphatic heterocycles. The molecule has 0 spiro atoms. The first kappa shape index (κ1) is 22.8. The quantitative estimate of drug-likeness (QED) is 0.693. The number of hydrogen-bond donors (Lipinski definition) is 1. The van der Waals surface area contributed by atoms with Crippen LogP contribution in [0.2, 0.25) is 0 Å². The van der Waals surface area contributed by atoms with Crippen LogP contribution >= 0.6 is 0 Å². The Morgan fingerprint density at radius 3 is 2.34 bits per heavy atom. The minimum Gasteiger partial charge on any atom is -0.481 e. The fourth-order valence-corrected chi connectivity index (χ4v) is 6.00. The van der Waals surface area contributed by atoms with Gasteiger partial charge >= 0.3 is 0 Å². The second-order valence-corrected chi connectivity index (χ2v) is 10.6.